The van der Waals surface area contributed by atoms with Crippen LogP contribution in [0.5, 0.6) is 5.75 Å². The second kappa shape index (κ2) is 6.33. The number of anilines is 1. The van der Waals surface area contributed by atoms with Gasteiger partial charge < -0.3 is 14.6 Å². The highest BCUT2D eigenvalue weighted by Gasteiger charge is 2.16. The maximum atomic E-state index is 12.3. The summed E-state index contributed by atoms with van der Waals surface area (Å²) in [5.41, 5.74) is 4.66. The van der Waals surface area contributed by atoms with E-state index in [1.165, 1.54) is 16.9 Å². The number of amides is 1. The van der Waals surface area contributed by atoms with Crippen LogP contribution in [0.2, 0.25) is 0 Å². The monoisotopic (exact) mass is 355 g/mol. The second-order valence-electron chi connectivity index (χ2n) is 5.99. The van der Waals surface area contributed by atoms with Gasteiger partial charge in [0.15, 0.2) is 5.13 Å². The van der Waals surface area contributed by atoms with Crippen molar-refractivity contribution < 1.29 is 14.1 Å². The second-order valence-corrected chi connectivity index (χ2v) is 6.84. The number of nitrogens with one attached hydrogen (secondary N) is 1. The molecule has 0 fully saturated rings. The Morgan fingerprint density at radius 3 is 3.04 bits per heavy atom. The smallest absolute Gasteiger partial charge is 0.230 e. The van der Waals surface area contributed by atoms with Crippen molar-refractivity contribution in [1.82, 2.24) is 10.1 Å². The molecule has 0 spiro atoms. The van der Waals surface area contributed by atoms with Crippen LogP contribution in [0.15, 0.2) is 28.1 Å². The van der Waals surface area contributed by atoms with Crippen molar-refractivity contribution >= 4 is 22.4 Å². The van der Waals surface area contributed by atoms with E-state index >= 15 is 0 Å². The molecule has 2 aromatic heterocycles. The predicted molar refractivity (Wildman–Crippen MR) is 95.1 cm³/mol. The lowest BCUT2D eigenvalue weighted by Gasteiger charge is -2.02. The van der Waals surface area contributed by atoms with Crippen LogP contribution in [-0.2, 0) is 17.6 Å². The molecule has 7 heteroatoms. The molecule has 1 amide bonds. The first kappa shape index (κ1) is 15.8. The topological polar surface area (TPSA) is 77.3 Å². The molecular weight excluding hydrogens is 338 g/mol. The first-order chi connectivity index (χ1) is 12.1. The minimum Gasteiger partial charge on any atom is -0.493 e. The number of fused-ring (bicyclic) bond motifs is 1. The van der Waals surface area contributed by atoms with E-state index in [0.29, 0.717) is 10.9 Å². The average molecular weight is 355 g/mol. The van der Waals surface area contributed by atoms with Crippen molar-refractivity contribution in [3.05, 3.63) is 46.2 Å². The maximum absolute atomic E-state index is 12.3. The van der Waals surface area contributed by atoms with Crippen LogP contribution in [0, 0.1) is 13.8 Å². The van der Waals surface area contributed by atoms with Gasteiger partial charge in [0.2, 0.25) is 5.91 Å². The molecule has 0 bridgehead atoms. The molecule has 25 heavy (non-hydrogen) atoms. The van der Waals surface area contributed by atoms with Gasteiger partial charge in [-0.3, -0.25) is 4.79 Å². The standard InChI is InChI=1S/C18H17N3O3S/c1-10-14(11(2)24-21-10)8-17(22)20-18-19-15(9-25-18)12-3-4-16-13(7-12)5-6-23-16/h3-4,7,9H,5-6,8H2,1-2H3,(H,19,20,22). The summed E-state index contributed by atoms with van der Waals surface area (Å²) >= 11 is 1.41. The first-order valence-electron chi connectivity index (χ1n) is 8.03. The summed E-state index contributed by atoms with van der Waals surface area (Å²) in [7, 11) is 0. The Morgan fingerprint density at radius 1 is 1.36 bits per heavy atom. The van der Waals surface area contributed by atoms with E-state index in [2.05, 4.69) is 21.5 Å². The van der Waals surface area contributed by atoms with E-state index in [9.17, 15) is 4.79 Å². The lowest BCUT2D eigenvalue weighted by molar-refractivity contribution is -0.115. The van der Waals surface area contributed by atoms with Crippen LogP contribution < -0.4 is 10.1 Å². The third-order valence-electron chi connectivity index (χ3n) is 4.25. The molecule has 0 saturated heterocycles. The van der Waals surface area contributed by atoms with Crippen LogP contribution in [0.4, 0.5) is 5.13 Å². The van der Waals surface area contributed by atoms with Crippen LogP contribution in [-0.4, -0.2) is 22.7 Å². The Balaban J connectivity index is 1.47. The highest BCUT2D eigenvalue weighted by atomic mass is 32.1. The fourth-order valence-electron chi connectivity index (χ4n) is 2.89. The zero-order chi connectivity index (χ0) is 17.4. The van der Waals surface area contributed by atoms with Gasteiger partial charge >= 0.3 is 0 Å². The number of hydrogen-bond donors (Lipinski definition) is 1. The molecule has 0 atom stereocenters. The van der Waals surface area contributed by atoms with Gasteiger partial charge in [0.1, 0.15) is 11.5 Å². The molecule has 0 saturated carbocycles. The number of hydrogen-bond acceptors (Lipinski definition) is 6. The van der Waals surface area contributed by atoms with Crippen LogP contribution in [0.25, 0.3) is 11.3 Å². The molecule has 1 aliphatic heterocycles. The van der Waals surface area contributed by atoms with E-state index in [0.717, 1.165) is 41.3 Å². The lowest BCUT2D eigenvalue weighted by atomic mass is 10.1. The van der Waals surface area contributed by atoms with Gasteiger partial charge in [0, 0.05) is 22.9 Å². The molecule has 3 aromatic rings. The molecule has 128 valence electrons. The fraction of sp³-hybridized carbons (Fsp3) is 0.278. The SMILES string of the molecule is Cc1noc(C)c1CC(=O)Nc1nc(-c2ccc3c(c2)CCO3)cs1. The lowest BCUT2D eigenvalue weighted by Crippen LogP contribution is -2.15. The third-order valence-corrected chi connectivity index (χ3v) is 5.01. The number of thiazole rings is 1. The van der Waals surface area contributed by atoms with Crippen LogP contribution in [0.3, 0.4) is 0 Å². The number of rotatable bonds is 4. The van der Waals surface area contributed by atoms with Crippen LogP contribution >= 0.6 is 11.3 Å². The quantitative estimate of drug-likeness (QED) is 0.775. The van der Waals surface area contributed by atoms with E-state index in [1.807, 2.05) is 31.4 Å². The van der Waals surface area contributed by atoms with Gasteiger partial charge in [-0.15, -0.1) is 11.3 Å². The third kappa shape index (κ3) is 3.15. The molecular formula is C18H17N3O3S. The maximum Gasteiger partial charge on any atom is 0.230 e. The zero-order valence-corrected chi connectivity index (χ0v) is 14.8. The summed E-state index contributed by atoms with van der Waals surface area (Å²) in [5.74, 6) is 1.50. The Hall–Kier alpha value is -2.67. The number of carbonyl (C=O) groups excluding carboxylic acids is 1. The molecule has 0 radical (unpaired) electrons. The summed E-state index contributed by atoms with van der Waals surface area (Å²) in [5, 5.41) is 9.26. The van der Waals surface area contributed by atoms with E-state index in [-0.39, 0.29) is 12.3 Å². The average Bonchev–Trinajstić information content (AvgIpc) is 3.31. The molecule has 4 rings (SSSR count). The molecule has 0 unspecified atom stereocenters. The molecule has 0 aliphatic carbocycles. The van der Waals surface area contributed by atoms with Crippen molar-refractivity contribution in [1.29, 1.82) is 0 Å². The Bertz CT molecular complexity index is 925. The minimum absolute atomic E-state index is 0.127. The number of ether oxygens (including phenoxy) is 1. The highest BCUT2D eigenvalue weighted by molar-refractivity contribution is 7.14. The van der Waals surface area contributed by atoms with Crippen molar-refractivity contribution in [2.24, 2.45) is 0 Å². The summed E-state index contributed by atoms with van der Waals surface area (Å²) in [6.45, 7) is 4.37. The summed E-state index contributed by atoms with van der Waals surface area (Å²) in [6, 6.07) is 6.08. The fourth-order valence-corrected chi connectivity index (χ4v) is 3.62. The number of nitrogens with zero attached hydrogens (tertiary/aromatic N) is 2. The molecule has 1 N–H and O–H groups in total. The zero-order valence-electron chi connectivity index (χ0n) is 14.0. The Labute approximate surface area is 148 Å². The van der Waals surface area contributed by atoms with Gasteiger partial charge in [0.05, 0.1) is 24.4 Å². The molecule has 6 nitrogen and oxygen atoms in total. The van der Waals surface area contributed by atoms with Gasteiger partial charge in [-0.05, 0) is 37.6 Å². The number of carbonyl (C=O) groups is 1. The van der Waals surface area contributed by atoms with Gasteiger partial charge in [-0.1, -0.05) is 5.16 Å². The highest BCUT2D eigenvalue weighted by Crippen LogP contribution is 2.32. The largest absolute Gasteiger partial charge is 0.493 e. The number of benzene rings is 1. The van der Waals surface area contributed by atoms with Crippen molar-refractivity contribution in [2.75, 3.05) is 11.9 Å². The van der Waals surface area contributed by atoms with Crippen molar-refractivity contribution in [3.63, 3.8) is 0 Å². The summed E-state index contributed by atoms with van der Waals surface area (Å²) in [6.07, 6.45) is 1.15. The number of aryl methyl sites for hydroxylation is 2. The van der Waals surface area contributed by atoms with E-state index in [4.69, 9.17) is 9.26 Å². The molecule has 3 heterocycles. The van der Waals surface area contributed by atoms with Gasteiger partial charge in [0.25, 0.3) is 0 Å². The summed E-state index contributed by atoms with van der Waals surface area (Å²) in [4.78, 5) is 16.8. The first-order valence-corrected chi connectivity index (χ1v) is 8.91. The normalized spacial score (nSPS) is 12.7. The van der Waals surface area contributed by atoms with E-state index < -0.39 is 0 Å². The number of aromatic nitrogens is 2. The minimum atomic E-state index is -0.127. The van der Waals surface area contributed by atoms with E-state index in [1.54, 1.807) is 0 Å². The molecule has 1 aromatic carbocycles. The predicted octanol–water partition coefficient (Wildman–Crippen LogP) is 3.53. The summed E-state index contributed by atoms with van der Waals surface area (Å²) < 4.78 is 10.6. The Kier molecular flexibility index (Phi) is 4.01. The van der Waals surface area contributed by atoms with Gasteiger partial charge in [-0.25, -0.2) is 4.98 Å². The molecule has 1 aliphatic rings. The Morgan fingerprint density at radius 2 is 2.24 bits per heavy atom. The van der Waals surface area contributed by atoms with Crippen molar-refractivity contribution in [3.8, 4) is 17.0 Å². The van der Waals surface area contributed by atoms with Gasteiger partial charge in [-0.2, -0.15) is 0 Å². The van der Waals surface area contributed by atoms with Crippen LogP contribution in [0.1, 0.15) is 22.6 Å². The van der Waals surface area contributed by atoms with Crippen molar-refractivity contribution in [2.45, 2.75) is 26.7 Å².